The maximum absolute atomic E-state index is 12.5. The van der Waals surface area contributed by atoms with E-state index in [0.29, 0.717) is 17.7 Å². The zero-order chi connectivity index (χ0) is 19.0. The van der Waals surface area contributed by atoms with Crippen molar-refractivity contribution in [2.24, 2.45) is 5.73 Å². The standard InChI is InChI=1S/C19H31N5O2S/c1-13-11-15(21-18(25)16-12-17(26-22-16)14-3-4-14)5-8-24(13)27-23-9-6-19(2,20)7-10-23/h12-15H,3-11,20H2,1-2H3,(H,21,25). The predicted molar refractivity (Wildman–Crippen MR) is 106 cm³/mol. The first-order valence-electron chi connectivity index (χ1n) is 10.2. The Morgan fingerprint density at radius 1 is 1.33 bits per heavy atom. The molecule has 1 aromatic rings. The van der Waals surface area contributed by atoms with E-state index >= 15 is 0 Å². The van der Waals surface area contributed by atoms with Crippen molar-refractivity contribution < 1.29 is 9.32 Å². The first kappa shape index (κ1) is 19.2. The quantitative estimate of drug-likeness (QED) is 0.743. The molecule has 0 spiro atoms. The van der Waals surface area contributed by atoms with Gasteiger partial charge in [0.1, 0.15) is 5.76 Å². The predicted octanol–water partition coefficient (Wildman–Crippen LogP) is 2.51. The van der Waals surface area contributed by atoms with Crippen LogP contribution in [0.5, 0.6) is 0 Å². The molecule has 3 fully saturated rings. The van der Waals surface area contributed by atoms with Crippen LogP contribution < -0.4 is 11.1 Å². The Morgan fingerprint density at radius 3 is 2.74 bits per heavy atom. The summed E-state index contributed by atoms with van der Waals surface area (Å²) in [6, 6.07) is 2.42. The Hall–Kier alpha value is -1.09. The van der Waals surface area contributed by atoms with Crippen LogP contribution in [0.3, 0.4) is 0 Å². The summed E-state index contributed by atoms with van der Waals surface area (Å²) >= 11 is 1.85. The highest BCUT2D eigenvalue weighted by Gasteiger charge is 2.33. The number of aromatic nitrogens is 1. The van der Waals surface area contributed by atoms with Gasteiger partial charge in [0.25, 0.3) is 5.91 Å². The number of amides is 1. The average Bonchev–Trinajstić information content (AvgIpc) is 3.35. The number of piperidine rings is 2. The van der Waals surface area contributed by atoms with Crippen LogP contribution in [0.1, 0.15) is 74.5 Å². The molecule has 7 nitrogen and oxygen atoms in total. The zero-order valence-corrected chi connectivity index (χ0v) is 17.1. The molecule has 1 aliphatic carbocycles. The van der Waals surface area contributed by atoms with Crippen molar-refractivity contribution >= 4 is 18.0 Å². The molecule has 2 saturated heterocycles. The molecule has 2 aliphatic heterocycles. The van der Waals surface area contributed by atoms with E-state index in [9.17, 15) is 4.79 Å². The third-order valence-electron chi connectivity index (χ3n) is 5.98. The minimum absolute atomic E-state index is 0.0134. The van der Waals surface area contributed by atoms with E-state index in [1.165, 1.54) is 0 Å². The maximum Gasteiger partial charge on any atom is 0.273 e. The van der Waals surface area contributed by atoms with Gasteiger partial charge in [-0.25, -0.2) is 8.61 Å². The number of nitrogens with two attached hydrogens (primary N) is 1. The van der Waals surface area contributed by atoms with Crippen LogP contribution in [0.4, 0.5) is 0 Å². The molecule has 0 radical (unpaired) electrons. The van der Waals surface area contributed by atoms with Gasteiger partial charge in [0.05, 0.1) is 0 Å². The fourth-order valence-corrected chi connectivity index (χ4v) is 4.92. The second-order valence-corrected chi connectivity index (χ2v) is 9.89. The van der Waals surface area contributed by atoms with Gasteiger partial charge in [-0.2, -0.15) is 0 Å². The topological polar surface area (TPSA) is 87.6 Å². The third-order valence-corrected chi connectivity index (χ3v) is 7.32. The first-order chi connectivity index (χ1) is 12.9. The monoisotopic (exact) mass is 393 g/mol. The summed E-state index contributed by atoms with van der Waals surface area (Å²) < 4.78 is 10.2. The maximum atomic E-state index is 12.5. The Morgan fingerprint density at radius 2 is 2.07 bits per heavy atom. The molecule has 3 heterocycles. The molecule has 2 unspecified atom stereocenters. The minimum atomic E-state index is -0.109. The average molecular weight is 394 g/mol. The van der Waals surface area contributed by atoms with E-state index in [2.05, 4.69) is 32.9 Å². The van der Waals surface area contributed by atoms with Crippen molar-refractivity contribution in [3.05, 3.63) is 17.5 Å². The molecule has 2 atom stereocenters. The molecule has 4 rings (SSSR count). The highest BCUT2D eigenvalue weighted by molar-refractivity contribution is 7.94. The Bertz CT molecular complexity index is 665. The molecule has 150 valence electrons. The summed E-state index contributed by atoms with van der Waals surface area (Å²) in [4.78, 5) is 12.5. The summed E-state index contributed by atoms with van der Waals surface area (Å²) in [6.45, 7) is 7.43. The summed E-state index contributed by atoms with van der Waals surface area (Å²) in [5.41, 5.74) is 6.64. The number of hydrogen-bond donors (Lipinski definition) is 2. The lowest BCUT2D eigenvalue weighted by Crippen LogP contribution is -2.50. The van der Waals surface area contributed by atoms with Crippen molar-refractivity contribution in [3.8, 4) is 0 Å². The first-order valence-corrected chi connectivity index (χ1v) is 10.9. The van der Waals surface area contributed by atoms with Crippen LogP contribution in [0.2, 0.25) is 0 Å². The van der Waals surface area contributed by atoms with Crippen molar-refractivity contribution in [1.29, 1.82) is 0 Å². The van der Waals surface area contributed by atoms with Crippen molar-refractivity contribution in [3.63, 3.8) is 0 Å². The molecular formula is C19H31N5O2S. The van der Waals surface area contributed by atoms with Gasteiger partial charge in [0.2, 0.25) is 0 Å². The van der Waals surface area contributed by atoms with E-state index in [1.54, 1.807) is 0 Å². The number of carbonyl (C=O) groups is 1. The summed E-state index contributed by atoms with van der Waals surface area (Å²) in [5, 5.41) is 7.09. The molecule has 3 aliphatic rings. The number of rotatable bonds is 5. The van der Waals surface area contributed by atoms with Crippen LogP contribution >= 0.6 is 12.1 Å². The van der Waals surface area contributed by atoms with Gasteiger partial charge in [-0.15, -0.1) is 0 Å². The number of nitrogens with one attached hydrogen (secondary N) is 1. The lowest BCUT2D eigenvalue weighted by atomic mass is 9.92. The molecule has 1 aromatic heterocycles. The molecule has 27 heavy (non-hydrogen) atoms. The lowest BCUT2D eigenvalue weighted by molar-refractivity contribution is 0.0906. The van der Waals surface area contributed by atoms with Gasteiger partial charge in [0, 0.05) is 61.4 Å². The number of nitrogens with zero attached hydrogens (tertiary/aromatic N) is 3. The highest BCUT2D eigenvalue weighted by Crippen LogP contribution is 2.40. The van der Waals surface area contributed by atoms with Crippen LogP contribution in [0.15, 0.2) is 10.6 Å². The molecule has 3 N–H and O–H groups in total. The molecular weight excluding hydrogens is 362 g/mol. The van der Waals surface area contributed by atoms with Gasteiger partial charge in [0.15, 0.2) is 5.69 Å². The van der Waals surface area contributed by atoms with Crippen molar-refractivity contribution in [2.45, 2.75) is 75.9 Å². The molecule has 0 aromatic carbocycles. The Balaban J connectivity index is 1.24. The molecule has 1 amide bonds. The van der Waals surface area contributed by atoms with E-state index in [-0.39, 0.29) is 17.5 Å². The molecule has 8 heteroatoms. The van der Waals surface area contributed by atoms with Gasteiger partial charge in [-0.05, 0) is 52.4 Å². The third kappa shape index (κ3) is 4.85. The fourth-order valence-electron chi connectivity index (χ4n) is 3.85. The number of carbonyl (C=O) groups excluding carboxylic acids is 1. The van der Waals surface area contributed by atoms with Crippen LogP contribution in [-0.2, 0) is 0 Å². The summed E-state index contributed by atoms with van der Waals surface area (Å²) in [7, 11) is 0. The highest BCUT2D eigenvalue weighted by atomic mass is 32.2. The SMILES string of the molecule is CC1CC(NC(=O)c2cc(C3CC3)on2)CCN1SN1CCC(C)(N)CC1. The van der Waals surface area contributed by atoms with Crippen LogP contribution in [-0.4, -0.2) is 56.9 Å². The van der Waals surface area contributed by atoms with Crippen LogP contribution in [0.25, 0.3) is 0 Å². The van der Waals surface area contributed by atoms with Gasteiger partial charge < -0.3 is 15.6 Å². The van der Waals surface area contributed by atoms with E-state index in [4.69, 9.17) is 10.3 Å². The second-order valence-electron chi connectivity index (χ2n) is 8.74. The van der Waals surface area contributed by atoms with E-state index in [1.807, 2.05) is 18.2 Å². The van der Waals surface area contributed by atoms with Gasteiger partial charge >= 0.3 is 0 Å². The normalized spacial score (nSPS) is 29.6. The largest absolute Gasteiger partial charge is 0.360 e. The smallest absolute Gasteiger partial charge is 0.273 e. The number of hydrogen-bond acceptors (Lipinski definition) is 7. The summed E-state index contributed by atoms with van der Waals surface area (Å²) in [6.07, 6.45) is 6.28. The fraction of sp³-hybridized carbons (Fsp3) is 0.789. The van der Waals surface area contributed by atoms with E-state index in [0.717, 1.165) is 63.9 Å². The second kappa shape index (κ2) is 7.73. The molecule has 0 bridgehead atoms. The van der Waals surface area contributed by atoms with Crippen LogP contribution in [0, 0.1) is 0 Å². The molecule has 1 saturated carbocycles. The van der Waals surface area contributed by atoms with Crippen molar-refractivity contribution in [2.75, 3.05) is 19.6 Å². The van der Waals surface area contributed by atoms with E-state index < -0.39 is 0 Å². The Labute approximate surface area is 165 Å². The minimum Gasteiger partial charge on any atom is -0.360 e. The van der Waals surface area contributed by atoms with Gasteiger partial charge in [-0.3, -0.25) is 4.79 Å². The summed E-state index contributed by atoms with van der Waals surface area (Å²) in [5.74, 6) is 1.23. The lowest BCUT2D eigenvalue weighted by Gasteiger charge is -2.42. The zero-order valence-electron chi connectivity index (χ0n) is 16.3. The van der Waals surface area contributed by atoms with Gasteiger partial charge in [-0.1, -0.05) is 5.16 Å². The van der Waals surface area contributed by atoms with Crippen molar-refractivity contribution in [1.82, 2.24) is 19.1 Å². The Kier molecular flexibility index (Phi) is 5.51.